The van der Waals surface area contributed by atoms with Crippen molar-refractivity contribution in [3.8, 4) is 6.07 Å². The molecule has 1 aliphatic heterocycles. The lowest BCUT2D eigenvalue weighted by atomic mass is 10.2. The number of sulfonamides is 1. The molecule has 22 heavy (non-hydrogen) atoms. The van der Waals surface area contributed by atoms with Crippen LogP contribution in [0.5, 0.6) is 0 Å². The Morgan fingerprint density at radius 3 is 2.55 bits per heavy atom. The Hall–Kier alpha value is -0.650. The highest BCUT2D eigenvalue weighted by atomic mass is 79.9. The lowest BCUT2D eigenvalue weighted by Gasteiger charge is -2.34. The third-order valence-corrected chi connectivity index (χ3v) is 6.47. The fraction of sp³-hybridized carbons (Fsp3) is 0.500. The second kappa shape index (κ2) is 7.28. The zero-order valence-electron chi connectivity index (χ0n) is 12.2. The predicted octanol–water partition coefficient (Wildman–Crippen LogP) is 2.57. The Morgan fingerprint density at radius 2 is 2.00 bits per heavy atom. The summed E-state index contributed by atoms with van der Waals surface area (Å²) in [5.74, 6) is -0.0518. The van der Waals surface area contributed by atoms with E-state index < -0.39 is 10.0 Å². The van der Waals surface area contributed by atoms with Gasteiger partial charge in [-0.05, 0) is 25.1 Å². The average Bonchev–Trinajstić information content (AvgIpc) is 2.47. The molecule has 1 saturated heterocycles. The van der Waals surface area contributed by atoms with Crippen LogP contribution in [-0.2, 0) is 10.0 Å². The molecule has 0 aromatic heterocycles. The summed E-state index contributed by atoms with van der Waals surface area (Å²) in [5, 5.41) is 9.06. The Labute approximate surface area is 144 Å². The Kier molecular flexibility index (Phi) is 5.86. The normalized spacial score (nSPS) is 18.8. The van der Waals surface area contributed by atoms with Gasteiger partial charge in [-0.25, -0.2) is 8.42 Å². The van der Waals surface area contributed by atoms with Crippen molar-refractivity contribution in [3.05, 3.63) is 27.7 Å². The second-order valence-electron chi connectivity index (χ2n) is 5.31. The highest BCUT2D eigenvalue weighted by Crippen LogP contribution is 2.28. The maximum absolute atomic E-state index is 12.7. The summed E-state index contributed by atoms with van der Waals surface area (Å²) in [5.41, 5.74) is 0. The Morgan fingerprint density at radius 1 is 1.36 bits per heavy atom. The van der Waals surface area contributed by atoms with Crippen molar-refractivity contribution in [1.29, 1.82) is 5.26 Å². The van der Waals surface area contributed by atoms with E-state index in [0.29, 0.717) is 32.7 Å². The van der Waals surface area contributed by atoms with Crippen molar-refractivity contribution in [3.63, 3.8) is 0 Å². The maximum Gasteiger partial charge on any atom is 0.244 e. The third kappa shape index (κ3) is 4.00. The lowest BCUT2D eigenvalue weighted by molar-refractivity contribution is 0.178. The molecule has 0 unspecified atom stereocenters. The zero-order chi connectivity index (χ0) is 16.3. The number of nitriles is 1. The quantitative estimate of drug-likeness (QED) is 0.771. The summed E-state index contributed by atoms with van der Waals surface area (Å²) in [6.45, 7) is 4.60. The summed E-state index contributed by atoms with van der Waals surface area (Å²) in [6.07, 6.45) is 0. The van der Waals surface area contributed by atoms with E-state index in [4.69, 9.17) is 16.9 Å². The van der Waals surface area contributed by atoms with Gasteiger partial charge >= 0.3 is 0 Å². The standard InChI is InChI=1S/C14H17BrClN3O2S/c1-11(9-17)10-18-4-6-19(7-5-18)22(20,21)14-3-2-12(15)8-13(14)16/h2-3,8,11H,4-7,10H2,1H3/t11-/m1/s1. The van der Waals surface area contributed by atoms with Gasteiger partial charge in [0.15, 0.2) is 0 Å². The highest BCUT2D eigenvalue weighted by Gasteiger charge is 2.30. The molecular weight excluding hydrogens is 390 g/mol. The van der Waals surface area contributed by atoms with E-state index >= 15 is 0 Å². The lowest BCUT2D eigenvalue weighted by Crippen LogP contribution is -2.49. The molecule has 0 amide bonds. The minimum Gasteiger partial charge on any atom is -0.299 e. The van der Waals surface area contributed by atoms with Crippen LogP contribution in [0, 0.1) is 17.2 Å². The summed E-state index contributed by atoms with van der Waals surface area (Å²) < 4.78 is 27.5. The van der Waals surface area contributed by atoms with Gasteiger partial charge < -0.3 is 0 Å². The predicted molar refractivity (Wildman–Crippen MR) is 89.1 cm³/mol. The summed E-state index contributed by atoms with van der Waals surface area (Å²) in [7, 11) is -3.58. The van der Waals surface area contributed by atoms with Crippen LogP contribution in [0.1, 0.15) is 6.92 Å². The molecule has 0 bridgehead atoms. The summed E-state index contributed by atoms with van der Waals surface area (Å²) in [4.78, 5) is 2.25. The number of benzene rings is 1. The van der Waals surface area contributed by atoms with Crippen molar-refractivity contribution in [1.82, 2.24) is 9.21 Å². The number of halogens is 2. The van der Waals surface area contributed by atoms with Gasteiger partial charge in [0.2, 0.25) is 10.0 Å². The number of hydrogen-bond acceptors (Lipinski definition) is 4. The number of piperazine rings is 1. The minimum absolute atomic E-state index is 0.0518. The summed E-state index contributed by atoms with van der Waals surface area (Å²) in [6, 6.07) is 6.97. The third-order valence-electron chi connectivity index (χ3n) is 3.60. The monoisotopic (exact) mass is 405 g/mol. The fourth-order valence-electron chi connectivity index (χ4n) is 2.40. The molecule has 0 N–H and O–H groups in total. The molecule has 0 aliphatic carbocycles. The molecule has 1 aromatic rings. The van der Waals surface area contributed by atoms with Crippen LogP contribution < -0.4 is 0 Å². The highest BCUT2D eigenvalue weighted by molar-refractivity contribution is 9.10. The molecule has 0 saturated carbocycles. The van der Waals surface area contributed by atoms with Crippen LogP contribution in [0.3, 0.4) is 0 Å². The van der Waals surface area contributed by atoms with Crippen molar-refractivity contribution in [2.45, 2.75) is 11.8 Å². The number of nitrogens with zero attached hydrogens (tertiary/aromatic N) is 3. The summed E-state index contributed by atoms with van der Waals surface area (Å²) >= 11 is 9.34. The second-order valence-corrected chi connectivity index (χ2v) is 8.54. The molecule has 1 heterocycles. The first-order valence-corrected chi connectivity index (χ1v) is 9.53. The molecule has 8 heteroatoms. The van der Waals surface area contributed by atoms with Gasteiger partial charge in [-0.2, -0.15) is 9.57 Å². The van der Waals surface area contributed by atoms with Gasteiger partial charge in [0.25, 0.3) is 0 Å². The molecule has 5 nitrogen and oxygen atoms in total. The average molecular weight is 407 g/mol. The topological polar surface area (TPSA) is 64.4 Å². The molecule has 1 fully saturated rings. The molecule has 2 rings (SSSR count). The van der Waals surface area contributed by atoms with Gasteiger partial charge in [-0.3, -0.25) is 4.90 Å². The minimum atomic E-state index is -3.58. The van der Waals surface area contributed by atoms with Gasteiger partial charge in [0.05, 0.1) is 17.0 Å². The Bertz CT molecular complexity index is 682. The largest absolute Gasteiger partial charge is 0.299 e. The SMILES string of the molecule is C[C@H](C#N)CN1CCN(S(=O)(=O)c2ccc(Br)cc2Cl)CC1. The van der Waals surface area contributed by atoms with Crippen LogP contribution in [0.25, 0.3) is 0 Å². The van der Waals surface area contributed by atoms with Crippen LogP contribution >= 0.6 is 27.5 Å². The van der Waals surface area contributed by atoms with E-state index in [-0.39, 0.29) is 15.8 Å². The van der Waals surface area contributed by atoms with Crippen molar-refractivity contribution < 1.29 is 8.42 Å². The first kappa shape index (κ1) is 17.7. The molecule has 1 aliphatic rings. The number of hydrogen-bond donors (Lipinski definition) is 0. The molecule has 1 atom stereocenters. The Balaban J connectivity index is 2.08. The first-order valence-electron chi connectivity index (χ1n) is 6.92. The van der Waals surface area contributed by atoms with Crippen LogP contribution in [-0.4, -0.2) is 50.3 Å². The number of rotatable bonds is 4. The van der Waals surface area contributed by atoms with E-state index in [2.05, 4.69) is 26.9 Å². The van der Waals surface area contributed by atoms with E-state index in [1.807, 2.05) is 6.92 Å². The smallest absolute Gasteiger partial charge is 0.244 e. The molecule has 0 spiro atoms. The van der Waals surface area contributed by atoms with Gasteiger partial charge in [-0.1, -0.05) is 27.5 Å². The van der Waals surface area contributed by atoms with Crippen LogP contribution in [0.2, 0.25) is 5.02 Å². The van der Waals surface area contributed by atoms with Gasteiger partial charge in [0.1, 0.15) is 4.90 Å². The van der Waals surface area contributed by atoms with Crippen molar-refractivity contribution in [2.24, 2.45) is 5.92 Å². The first-order chi connectivity index (χ1) is 10.3. The maximum atomic E-state index is 12.7. The van der Waals surface area contributed by atoms with Gasteiger partial charge in [0, 0.05) is 37.2 Å². The van der Waals surface area contributed by atoms with Crippen molar-refractivity contribution >= 4 is 37.6 Å². The zero-order valence-corrected chi connectivity index (χ0v) is 15.3. The molecular formula is C14H17BrClN3O2S. The van der Waals surface area contributed by atoms with Crippen LogP contribution in [0.15, 0.2) is 27.6 Å². The van der Waals surface area contributed by atoms with Crippen LogP contribution in [0.4, 0.5) is 0 Å². The molecule has 120 valence electrons. The van der Waals surface area contributed by atoms with Crippen molar-refractivity contribution in [2.75, 3.05) is 32.7 Å². The molecule has 1 aromatic carbocycles. The van der Waals surface area contributed by atoms with E-state index in [1.54, 1.807) is 12.1 Å². The van der Waals surface area contributed by atoms with E-state index in [9.17, 15) is 8.42 Å². The molecule has 0 radical (unpaired) electrons. The van der Waals surface area contributed by atoms with E-state index in [0.717, 1.165) is 4.47 Å². The van der Waals surface area contributed by atoms with Gasteiger partial charge in [-0.15, -0.1) is 0 Å². The van der Waals surface area contributed by atoms with E-state index in [1.165, 1.54) is 10.4 Å². The fourth-order valence-corrected chi connectivity index (χ4v) is 4.84.